The van der Waals surface area contributed by atoms with Crippen LogP contribution in [0.2, 0.25) is 0 Å². The molecule has 2 amide bonds. The van der Waals surface area contributed by atoms with E-state index in [9.17, 15) is 14.4 Å². The van der Waals surface area contributed by atoms with Gasteiger partial charge < -0.3 is 30.0 Å². The van der Waals surface area contributed by atoms with Gasteiger partial charge in [-0.3, -0.25) is 9.59 Å². The number of hydrogen-bond acceptors (Lipinski definition) is 7. The Morgan fingerprint density at radius 1 is 1.12 bits per heavy atom. The van der Waals surface area contributed by atoms with Gasteiger partial charge in [0.1, 0.15) is 5.54 Å². The molecule has 0 fully saturated rings. The Kier molecular flexibility index (Phi) is 7.24. The number of benzene rings is 1. The first kappa shape index (κ1) is 21.1. The lowest BCUT2D eigenvalue weighted by atomic mass is 9.98. The number of amides is 2. The molecule has 0 unspecified atom stereocenters. The Morgan fingerprint density at radius 3 is 2.04 bits per heavy atom. The van der Waals surface area contributed by atoms with Gasteiger partial charge in [0.2, 0.25) is 5.75 Å². The highest BCUT2D eigenvalue weighted by atomic mass is 16.5. The van der Waals surface area contributed by atoms with Crippen molar-refractivity contribution in [3.05, 3.63) is 17.7 Å². The predicted octanol–water partition coefficient (Wildman–Crippen LogP) is 0.639. The van der Waals surface area contributed by atoms with E-state index in [1.807, 2.05) is 0 Å². The van der Waals surface area contributed by atoms with Gasteiger partial charge in [0, 0.05) is 5.56 Å². The predicted molar refractivity (Wildman–Crippen MR) is 92.4 cm³/mol. The average molecular weight is 368 g/mol. The lowest BCUT2D eigenvalue weighted by molar-refractivity contribution is -0.147. The van der Waals surface area contributed by atoms with Gasteiger partial charge in [0.15, 0.2) is 18.1 Å². The Balaban J connectivity index is 3.22. The van der Waals surface area contributed by atoms with E-state index in [0.717, 1.165) is 0 Å². The molecule has 0 saturated heterocycles. The Morgan fingerprint density at radius 2 is 1.65 bits per heavy atom. The maximum Gasteiger partial charge on any atom is 0.331 e. The molecule has 1 aromatic rings. The fraction of sp³-hybridized carbons (Fsp3) is 0.471. The van der Waals surface area contributed by atoms with Gasteiger partial charge in [0.25, 0.3) is 11.8 Å². The Hall–Kier alpha value is -2.97. The second-order valence-corrected chi connectivity index (χ2v) is 5.60. The van der Waals surface area contributed by atoms with Crippen LogP contribution in [0.5, 0.6) is 17.2 Å². The summed E-state index contributed by atoms with van der Waals surface area (Å²) in [6, 6.07) is 2.81. The van der Waals surface area contributed by atoms with Crippen LogP contribution >= 0.6 is 0 Å². The molecule has 1 aromatic carbocycles. The van der Waals surface area contributed by atoms with Crippen LogP contribution in [-0.2, 0) is 14.3 Å². The van der Waals surface area contributed by atoms with E-state index >= 15 is 0 Å². The van der Waals surface area contributed by atoms with Crippen molar-refractivity contribution < 1.29 is 33.3 Å². The van der Waals surface area contributed by atoms with Crippen molar-refractivity contribution in [1.82, 2.24) is 5.32 Å². The summed E-state index contributed by atoms with van der Waals surface area (Å²) in [5, 5.41) is 2.64. The average Bonchev–Trinajstić information content (AvgIpc) is 2.64. The van der Waals surface area contributed by atoms with Crippen molar-refractivity contribution in [1.29, 1.82) is 0 Å². The summed E-state index contributed by atoms with van der Waals surface area (Å²) in [5.41, 5.74) is 4.06. The summed E-state index contributed by atoms with van der Waals surface area (Å²) in [5.74, 6) is -1.28. The van der Waals surface area contributed by atoms with E-state index in [0.29, 0.717) is 6.42 Å². The number of primary amides is 1. The van der Waals surface area contributed by atoms with Crippen LogP contribution in [0.15, 0.2) is 12.1 Å². The second kappa shape index (κ2) is 8.93. The topological polar surface area (TPSA) is 126 Å². The van der Waals surface area contributed by atoms with Gasteiger partial charge in [0.05, 0.1) is 21.3 Å². The molecule has 26 heavy (non-hydrogen) atoms. The Labute approximate surface area is 151 Å². The van der Waals surface area contributed by atoms with Crippen LogP contribution in [0.4, 0.5) is 0 Å². The van der Waals surface area contributed by atoms with Crippen molar-refractivity contribution in [3.63, 3.8) is 0 Å². The molecule has 0 saturated carbocycles. The molecule has 0 aliphatic carbocycles. The molecular weight excluding hydrogens is 344 g/mol. The quantitative estimate of drug-likeness (QED) is 0.613. The molecule has 0 aliphatic rings. The van der Waals surface area contributed by atoms with Crippen molar-refractivity contribution in [2.24, 2.45) is 5.73 Å². The molecule has 9 heteroatoms. The maximum atomic E-state index is 12.6. The summed E-state index contributed by atoms with van der Waals surface area (Å²) >= 11 is 0. The van der Waals surface area contributed by atoms with Crippen LogP contribution in [0.1, 0.15) is 30.6 Å². The zero-order valence-corrected chi connectivity index (χ0v) is 15.5. The van der Waals surface area contributed by atoms with Gasteiger partial charge in [-0.15, -0.1) is 0 Å². The molecule has 1 atom stereocenters. The molecule has 144 valence electrons. The number of rotatable bonds is 9. The third kappa shape index (κ3) is 4.78. The molecule has 0 aliphatic heterocycles. The second-order valence-electron chi connectivity index (χ2n) is 5.60. The molecule has 1 rings (SSSR count). The number of carbonyl (C=O) groups excluding carboxylic acids is 3. The minimum absolute atomic E-state index is 0.136. The third-order valence-electron chi connectivity index (χ3n) is 3.81. The number of nitrogens with two attached hydrogens (primary N) is 1. The highest BCUT2D eigenvalue weighted by Gasteiger charge is 2.34. The third-order valence-corrected chi connectivity index (χ3v) is 3.81. The summed E-state index contributed by atoms with van der Waals surface area (Å²) < 4.78 is 20.4. The highest BCUT2D eigenvalue weighted by Crippen LogP contribution is 2.38. The number of hydrogen-bond donors (Lipinski definition) is 2. The fourth-order valence-corrected chi connectivity index (χ4v) is 2.13. The molecule has 0 spiro atoms. The first-order valence-corrected chi connectivity index (χ1v) is 7.80. The standard InChI is InChI=1S/C17H24N2O7/c1-6-17(2,16(22)25-5)19-15(21)10-7-11(23-3)14(12(8-10)24-4)26-9-13(18)20/h7-8H,6,9H2,1-5H3,(H2,18,20)(H,19,21)/t17-/m1/s1. The van der Waals surface area contributed by atoms with Gasteiger partial charge in [-0.05, 0) is 25.5 Å². The summed E-state index contributed by atoms with van der Waals surface area (Å²) in [6.45, 7) is 2.93. The molecule has 0 bridgehead atoms. The van der Waals surface area contributed by atoms with E-state index in [1.54, 1.807) is 13.8 Å². The van der Waals surface area contributed by atoms with Gasteiger partial charge in [-0.1, -0.05) is 6.92 Å². The summed E-state index contributed by atoms with van der Waals surface area (Å²) in [4.78, 5) is 35.5. The maximum absolute atomic E-state index is 12.6. The summed E-state index contributed by atoms with van der Waals surface area (Å²) in [7, 11) is 4.00. The SMILES string of the molecule is CC[C@@](C)(NC(=O)c1cc(OC)c(OCC(N)=O)c(OC)c1)C(=O)OC. The number of ether oxygens (including phenoxy) is 4. The number of nitrogens with one attached hydrogen (secondary N) is 1. The minimum atomic E-state index is -1.19. The molecule has 9 nitrogen and oxygen atoms in total. The van der Waals surface area contributed by atoms with E-state index in [-0.39, 0.29) is 29.4 Å². The first-order valence-electron chi connectivity index (χ1n) is 7.80. The van der Waals surface area contributed by atoms with E-state index < -0.39 is 23.3 Å². The van der Waals surface area contributed by atoms with Crippen molar-refractivity contribution in [2.45, 2.75) is 25.8 Å². The van der Waals surface area contributed by atoms with Gasteiger partial charge >= 0.3 is 5.97 Å². The van der Waals surface area contributed by atoms with E-state index in [4.69, 9.17) is 24.7 Å². The van der Waals surface area contributed by atoms with Gasteiger partial charge in [-0.25, -0.2) is 4.79 Å². The molecule has 0 radical (unpaired) electrons. The van der Waals surface area contributed by atoms with Crippen LogP contribution in [-0.4, -0.2) is 51.3 Å². The minimum Gasteiger partial charge on any atom is -0.493 e. The molecule has 3 N–H and O–H groups in total. The van der Waals surface area contributed by atoms with Crippen LogP contribution in [0.25, 0.3) is 0 Å². The number of carbonyl (C=O) groups is 3. The number of esters is 1. The smallest absolute Gasteiger partial charge is 0.331 e. The van der Waals surface area contributed by atoms with E-state index in [1.165, 1.54) is 33.5 Å². The van der Waals surface area contributed by atoms with Crippen molar-refractivity contribution >= 4 is 17.8 Å². The van der Waals surface area contributed by atoms with Gasteiger partial charge in [-0.2, -0.15) is 0 Å². The lowest BCUT2D eigenvalue weighted by Gasteiger charge is -2.26. The number of methoxy groups -OCH3 is 3. The first-order chi connectivity index (χ1) is 12.2. The fourth-order valence-electron chi connectivity index (χ4n) is 2.13. The highest BCUT2D eigenvalue weighted by molar-refractivity contribution is 5.99. The van der Waals surface area contributed by atoms with Crippen molar-refractivity contribution in [3.8, 4) is 17.2 Å². The van der Waals surface area contributed by atoms with Crippen LogP contribution in [0, 0.1) is 0 Å². The molecule has 0 aromatic heterocycles. The largest absolute Gasteiger partial charge is 0.493 e. The monoisotopic (exact) mass is 368 g/mol. The summed E-state index contributed by atoms with van der Waals surface area (Å²) in [6.07, 6.45) is 0.333. The zero-order valence-electron chi connectivity index (χ0n) is 15.5. The Bertz CT molecular complexity index is 665. The van der Waals surface area contributed by atoms with Crippen molar-refractivity contribution in [2.75, 3.05) is 27.9 Å². The lowest BCUT2D eigenvalue weighted by Crippen LogP contribution is -2.52. The molecule has 0 heterocycles. The van der Waals surface area contributed by atoms with Crippen LogP contribution < -0.4 is 25.3 Å². The molecular formula is C17H24N2O7. The van der Waals surface area contributed by atoms with Crippen LogP contribution in [0.3, 0.4) is 0 Å². The normalized spacial score (nSPS) is 12.5. The van der Waals surface area contributed by atoms with E-state index in [2.05, 4.69) is 5.32 Å². The zero-order chi connectivity index (χ0) is 19.9.